The van der Waals surface area contributed by atoms with Gasteiger partial charge in [0.1, 0.15) is 5.75 Å². The van der Waals surface area contributed by atoms with E-state index in [1.54, 1.807) is 0 Å². The molecule has 18 heavy (non-hydrogen) atoms. The van der Waals surface area contributed by atoms with E-state index in [0.29, 0.717) is 24.2 Å². The van der Waals surface area contributed by atoms with Crippen LogP contribution in [-0.2, 0) is 10.2 Å². The lowest BCUT2D eigenvalue weighted by Gasteiger charge is -2.18. The molecule has 5 heteroatoms. The van der Waals surface area contributed by atoms with Gasteiger partial charge in [0.2, 0.25) is 0 Å². The van der Waals surface area contributed by atoms with Crippen LogP contribution in [-0.4, -0.2) is 18.2 Å². The highest BCUT2D eigenvalue weighted by molar-refractivity contribution is 5.70. The molecule has 0 aromatic heterocycles. The van der Waals surface area contributed by atoms with E-state index in [0.717, 1.165) is 0 Å². The number of ether oxygens (including phenoxy) is 1. The van der Waals surface area contributed by atoms with Crippen molar-refractivity contribution in [3.63, 3.8) is 0 Å². The number of alkyl halides is 2. The van der Waals surface area contributed by atoms with Crippen LogP contribution in [0.2, 0.25) is 0 Å². The van der Waals surface area contributed by atoms with E-state index < -0.39 is 17.8 Å². The normalized spacial score (nSPS) is 16.7. The van der Waals surface area contributed by atoms with Gasteiger partial charge < -0.3 is 9.84 Å². The fraction of sp³-hybridized carbons (Fsp3) is 0.462. The lowest BCUT2D eigenvalue weighted by atomic mass is 9.90. The Labute approximate surface area is 103 Å². The van der Waals surface area contributed by atoms with Gasteiger partial charge in [0.05, 0.1) is 13.5 Å². The predicted molar refractivity (Wildman–Crippen MR) is 61.1 cm³/mol. The van der Waals surface area contributed by atoms with Crippen molar-refractivity contribution in [2.45, 2.75) is 31.1 Å². The molecular weight excluding hydrogens is 242 g/mol. The van der Waals surface area contributed by atoms with Crippen molar-refractivity contribution in [1.82, 2.24) is 0 Å². The summed E-state index contributed by atoms with van der Waals surface area (Å²) in [5.41, 5.74) is -0.0325. The van der Waals surface area contributed by atoms with Crippen molar-refractivity contribution in [2.24, 2.45) is 0 Å². The summed E-state index contributed by atoms with van der Waals surface area (Å²) in [7, 11) is 1.46. The summed E-state index contributed by atoms with van der Waals surface area (Å²) < 4.78 is 30.5. The molecule has 1 N–H and O–H groups in total. The Hall–Kier alpha value is -1.65. The second kappa shape index (κ2) is 4.55. The van der Waals surface area contributed by atoms with Gasteiger partial charge >= 0.3 is 5.97 Å². The van der Waals surface area contributed by atoms with Crippen LogP contribution >= 0.6 is 0 Å². The topological polar surface area (TPSA) is 46.5 Å². The van der Waals surface area contributed by atoms with Crippen molar-refractivity contribution < 1.29 is 23.4 Å². The number of hydrogen-bond donors (Lipinski definition) is 1. The van der Waals surface area contributed by atoms with Crippen LogP contribution in [0.4, 0.5) is 8.78 Å². The molecule has 0 heterocycles. The van der Waals surface area contributed by atoms with Gasteiger partial charge in [-0.15, -0.1) is 0 Å². The average Bonchev–Trinajstić information content (AvgIpc) is 3.08. The largest absolute Gasteiger partial charge is 0.496 e. The van der Waals surface area contributed by atoms with Crippen LogP contribution in [0.5, 0.6) is 5.75 Å². The van der Waals surface area contributed by atoms with E-state index >= 15 is 0 Å². The molecule has 1 fully saturated rings. The molecule has 1 saturated carbocycles. The first-order valence-electron chi connectivity index (χ1n) is 5.67. The third-order valence-electron chi connectivity index (χ3n) is 3.39. The molecule has 0 saturated heterocycles. The van der Waals surface area contributed by atoms with Gasteiger partial charge in [0.25, 0.3) is 6.43 Å². The molecule has 0 radical (unpaired) electrons. The Morgan fingerprint density at radius 1 is 1.50 bits per heavy atom. The van der Waals surface area contributed by atoms with E-state index in [2.05, 4.69) is 0 Å². The lowest BCUT2D eigenvalue weighted by Crippen LogP contribution is -2.14. The number of hydrogen-bond acceptors (Lipinski definition) is 2. The number of carboxylic acids is 1. The fourth-order valence-corrected chi connectivity index (χ4v) is 2.26. The van der Waals surface area contributed by atoms with Crippen LogP contribution < -0.4 is 4.74 Å². The molecule has 1 aromatic rings. The summed E-state index contributed by atoms with van der Waals surface area (Å²) in [5, 5.41) is 8.90. The minimum Gasteiger partial charge on any atom is -0.496 e. The second-order valence-electron chi connectivity index (χ2n) is 4.61. The molecule has 1 aliphatic rings. The van der Waals surface area contributed by atoms with Crippen LogP contribution in [0.3, 0.4) is 0 Å². The summed E-state index contributed by atoms with van der Waals surface area (Å²) in [5.74, 6) is -0.435. The Kier molecular flexibility index (Phi) is 3.24. The predicted octanol–water partition coefficient (Wildman–Crippen LogP) is 3.14. The highest BCUT2D eigenvalue weighted by atomic mass is 19.3. The van der Waals surface area contributed by atoms with E-state index in [1.165, 1.54) is 25.3 Å². The van der Waals surface area contributed by atoms with Crippen LogP contribution in [0.15, 0.2) is 18.2 Å². The van der Waals surface area contributed by atoms with E-state index in [4.69, 9.17) is 9.84 Å². The Balaban J connectivity index is 2.41. The first-order valence-corrected chi connectivity index (χ1v) is 5.67. The van der Waals surface area contributed by atoms with Gasteiger partial charge in [-0.25, -0.2) is 8.78 Å². The minimum absolute atomic E-state index is 0.0456. The highest BCUT2D eigenvalue weighted by Crippen LogP contribution is 2.54. The maximum atomic E-state index is 12.7. The molecule has 0 spiro atoms. The van der Waals surface area contributed by atoms with Gasteiger partial charge in [-0.3, -0.25) is 4.79 Å². The Morgan fingerprint density at radius 3 is 2.61 bits per heavy atom. The number of methoxy groups -OCH3 is 1. The van der Waals surface area contributed by atoms with E-state index in [1.807, 2.05) is 0 Å². The smallest absolute Gasteiger partial charge is 0.304 e. The van der Waals surface area contributed by atoms with Crippen LogP contribution in [0.25, 0.3) is 0 Å². The van der Waals surface area contributed by atoms with Crippen molar-refractivity contribution >= 4 is 5.97 Å². The maximum absolute atomic E-state index is 12.7. The van der Waals surface area contributed by atoms with Gasteiger partial charge in [0.15, 0.2) is 0 Å². The Bertz CT molecular complexity index is 467. The highest BCUT2D eigenvalue weighted by Gasteiger charge is 2.48. The quantitative estimate of drug-likeness (QED) is 0.880. The number of rotatable bonds is 5. The molecular formula is C13H14F2O3. The number of carbonyl (C=O) groups is 1. The molecule has 98 valence electrons. The fourth-order valence-electron chi connectivity index (χ4n) is 2.26. The van der Waals surface area contributed by atoms with Crippen molar-refractivity contribution in [3.8, 4) is 5.75 Å². The zero-order valence-electron chi connectivity index (χ0n) is 9.95. The summed E-state index contributed by atoms with van der Waals surface area (Å²) in [6.45, 7) is 0. The molecule has 0 amide bonds. The Morgan fingerprint density at radius 2 is 2.17 bits per heavy atom. The summed E-state index contributed by atoms with van der Waals surface area (Å²) in [6.07, 6.45) is -1.21. The van der Waals surface area contributed by atoms with Gasteiger partial charge in [-0.05, 0) is 31.0 Å². The van der Waals surface area contributed by atoms with Crippen molar-refractivity contribution in [2.75, 3.05) is 7.11 Å². The summed E-state index contributed by atoms with van der Waals surface area (Å²) in [4.78, 5) is 10.9. The van der Waals surface area contributed by atoms with Crippen LogP contribution in [0, 0.1) is 0 Å². The van der Waals surface area contributed by atoms with Gasteiger partial charge in [-0.2, -0.15) is 0 Å². The third kappa shape index (κ3) is 2.30. The molecule has 0 aliphatic heterocycles. The number of aliphatic carboxylic acids is 1. The standard InChI is InChI=1S/C13H14F2O3/c1-18-10-3-2-8(12(14)15)6-9(10)13(4-5-13)7-11(16)17/h2-3,6,12H,4-5,7H2,1H3,(H,16,17). The molecule has 1 aliphatic carbocycles. The third-order valence-corrected chi connectivity index (χ3v) is 3.39. The summed E-state index contributed by atoms with van der Waals surface area (Å²) in [6, 6.07) is 4.17. The van der Waals surface area contributed by atoms with Gasteiger partial charge in [0, 0.05) is 16.5 Å². The number of carboxylic acid groups (broad SMARTS) is 1. The zero-order valence-corrected chi connectivity index (χ0v) is 9.95. The monoisotopic (exact) mass is 256 g/mol. The van der Waals surface area contributed by atoms with E-state index in [9.17, 15) is 13.6 Å². The van der Waals surface area contributed by atoms with E-state index in [-0.39, 0.29) is 12.0 Å². The number of benzene rings is 1. The van der Waals surface area contributed by atoms with Gasteiger partial charge in [-0.1, -0.05) is 0 Å². The molecule has 0 bridgehead atoms. The molecule has 0 atom stereocenters. The molecule has 0 unspecified atom stereocenters. The second-order valence-corrected chi connectivity index (χ2v) is 4.61. The first kappa shape index (κ1) is 12.8. The summed E-state index contributed by atoms with van der Waals surface area (Å²) >= 11 is 0. The minimum atomic E-state index is -2.56. The van der Waals surface area contributed by atoms with Crippen molar-refractivity contribution in [1.29, 1.82) is 0 Å². The average molecular weight is 256 g/mol. The van der Waals surface area contributed by atoms with Crippen molar-refractivity contribution in [3.05, 3.63) is 29.3 Å². The molecule has 2 rings (SSSR count). The lowest BCUT2D eigenvalue weighted by molar-refractivity contribution is -0.137. The number of halogens is 2. The van der Waals surface area contributed by atoms with Crippen LogP contribution in [0.1, 0.15) is 36.8 Å². The maximum Gasteiger partial charge on any atom is 0.304 e. The zero-order chi connectivity index (χ0) is 13.3. The first-order chi connectivity index (χ1) is 8.48. The molecule has 3 nitrogen and oxygen atoms in total. The SMILES string of the molecule is COc1ccc(C(F)F)cc1C1(CC(=O)O)CC1. The molecule has 1 aromatic carbocycles.